The molecule has 0 aliphatic rings. The van der Waals surface area contributed by atoms with Gasteiger partial charge in [-0.15, -0.1) is 0 Å². The highest BCUT2D eigenvalue weighted by Gasteiger charge is 2.11. The number of hydrogen-bond donors (Lipinski definition) is 2. The number of carbonyl (C=O) groups is 1. The zero-order chi connectivity index (χ0) is 13.7. The summed E-state index contributed by atoms with van der Waals surface area (Å²) in [5.41, 5.74) is 1.85. The molecule has 1 amide bonds. The third kappa shape index (κ3) is 3.45. The maximum Gasteiger partial charge on any atom is 0.228 e. The van der Waals surface area contributed by atoms with Crippen molar-refractivity contribution >= 4 is 11.6 Å². The summed E-state index contributed by atoms with van der Waals surface area (Å²) in [4.78, 5) is 11.9. The van der Waals surface area contributed by atoms with E-state index in [4.69, 9.17) is 0 Å². The van der Waals surface area contributed by atoms with Crippen molar-refractivity contribution in [2.75, 3.05) is 18.9 Å². The number of benzene rings is 1. The van der Waals surface area contributed by atoms with Crippen LogP contribution in [0.4, 0.5) is 5.69 Å². The second-order valence-corrected chi connectivity index (χ2v) is 4.59. The van der Waals surface area contributed by atoms with Crippen molar-refractivity contribution in [3.63, 3.8) is 0 Å². The van der Waals surface area contributed by atoms with Gasteiger partial charge >= 0.3 is 0 Å². The Morgan fingerprint density at radius 1 is 1.26 bits per heavy atom. The normalized spacial score (nSPS) is 12.1. The van der Waals surface area contributed by atoms with Gasteiger partial charge in [-0.05, 0) is 37.4 Å². The summed E-state index contributed by atoms with van der Waals surface area (Å²) < 4.78 is 2.01. The second kappa shape index (κ2) is 6.20. The zero-order valence-corrected chi connectivity index (χ0v) is 11.3. The highest BCUT2D eigenvalue weighted by molar-refractivity contribution is 5.92. The zero-order valence-electron chi connectivity index (χ0n) is 11.3. The van der Waals surface area contributed by atoms with E-state index in [1.54, 1.807) is 0 Å². The average Bonchev–Trinajstić information content (AvgIpc) is 2.93. The number of carbonyl (C=O) groups excluding carboxylic acids is 1. The number of aromatic nitrogens is 1. The fourth-order valence-corrected chi connectivity index (χ4v) is 1.92. The Morgan fingerprint density at radius 3 is 2.68 bits per heavy atom. The molecule has 0 radical (unpaired) electrons. The first-order valence-electron chi connectivity index (χ1n) is 6.39. The van der Waals surface area contributed by atoms with Crippen molar-refractivity contribution in [1.29, 1.82) is 0 Å². The maximum atomic E-state index is 11.9. The van der Waals surface area contributed by atoms with Gasteiger partial charge in [-0.2, -0.15) is 0 Å². The molecule has 1 heterocycles. The van der Waals surface area contributed by atoms with E-state index in [0.717, 1.165) is 11.4 Å². The molecule has 1 atom stereocenters. The Balaban J connectivity index is 2.09. The van der Waals surface area contributed by atoms with Gasteiger partial charge in [0.15, 0.2) is 0 Å². The summed E-state index contributed by atoms with van der Waals surface area (Å²) in [5.74, 6) is -0.0285. The molecule has 4 nitrogen and oxygen atoms in total. The number of anilines is 1. The van der Waals surface area contributed by atoms with Crippen molar-refractivity contribution in [3.8, 4) is 5.69 Å². The van der Waals surface area contributed by atoms with Crippen molar-refractivity contribution in [1.82, 2.24) is 9.88 Å². The van der Waals surface area contributed by atoms with Crippen molar-refractivity contribution in [3.05, 3.63) is 48.8 Å². The molecule has 100 valence electrons. The fraction of sp³-hybridized carbons (Fsp3) is 0.267. The molecular weight excluding hydrogens is 238 g/mol. The van der Waals surface area contributed by atoms with E-state index in [1.807, 2.05) is 67.3 Å². The lowest BCUT2D eigenvalue weighted by Gasteiger charge is -2.12. The molecule has 1 unspecified atom stereocenters. The van der Waals surface area contributed by atoms with Crippen molar-refractivity contribution < 1.29 is 4.79 Å². The third-order valence-electron chi connectivity index (χ3n) is 2.97. The number of nitrogens with one attached hydrogen (secondary N) is 2. The van der Waals surface area contributed by atoms with Gasteiger partial charge in [0.2, 0.25) is 5.91 Å². The Kier molecular flexibility index (Phi) is 4.36. The highest BCUT2D eigenvalue weighted by atomic mass is 16.1. The van der Waals surface area contributed by atoms with Crippen LogP contribution in [0.15, 0.2) is 48.8 Å². The van der Waals surface area contributed by atoms with Crippen LogP contribution in [0.2, 0.25) is 0 Å². The summed E-state index contributed by atoms with van der Waals surface area (Å²) >= 11 is 0. The Bertz CT molecular complexity index is 534. The molecule has 4 heteroatoms. The van der Waals surface area contributed by atoms with Gasteiger partial charge in [0.1, 0.15) is 0 Å². The second-order valence-electron chi connectivity index (χ2n) is 4.59. The molecule has 19 heavy (non-hydrogen) atoms. The minimum atomic E-state index is -0.0553. The minimum absolute atomic E-state index is 0.0269. The molecule has 0 bridgehead atoms. The van der Waals surface area contributed by atoms with Crippen LogP contribution in [0.25, 0.3) is 5.69 Å². The lowest BCUT2D eigenvalue weighted by atomic mass is 10.1. The van der Waals surface area contributed by atoms with Crippen LogP contribution in [-0.4, -0.2) is 24.1 Å². The Labute approximate surface area is 113 Å². The summed E-state index contributed by atoms with van der Waals surface area (Å²) in [5, 5.41) is 5.94. The highest BCUT2D eigenvalue weighted by Crippen LogP contribution is 2.15. The largest absolute Gasteiger partial charge is 0.326 e. The predicted molar refractivity (Wildman–Crippen MR) is 77.5 cm³/mol. The van der Waals surface area contributed by atoms with Crippen molar-refractivity contribution in [2.24, 2.45) is 5.92 Å². The molecule has 2 N–H and O–H groups in total. The quantitative estimate of drug-likeness (QED) is 0.863. The molecule has 0 aliphatic heterocycles. The van der Waals surface area contributed by atoms with Crippen LogP contribution < -0.4 is 10.6 Å². The first kappa shape index (κ1) is 13.4. The topological polar surface area (TPSA) is 46.1 Å². The third-order valence-corrected chi connectivity index (χ3v) is 2.97. The van der Waals surface area contributed by atoms with E-state index < -0.39 is 0 Å². The van der Waals surface area contributed by atoms with E-state index >= 15 is 0 Å². The molecular formula is C15H19N3O. The molecule has 2 rings (SSSR count). The van der Waals surface area contributed by atoms with Gasteiger partial charge < -0.3 is 15.2 Å². The molecule has 1 aromatic heterocycles. The monoisotopic (exact) mass is 257 g/mol. The number of rotatable bonds is 5. The van der Waals surface area contributed by atoms with Gasteiger partial charge in [-0.25, -0.2) is 0 Å². The molecule has 2 aromatic rings. The van der Waals surface area contributed by atoms with Crippen LogP contribution in [0.1, 0.15) is 6.92 Å². The summed E-state index contributed by atoms with van der Waals surface area (Å²) in [6.45, 7) is 2.57. The minimum Gasteiger partial charge on any atom is -0.326 e. The SMILES string of the molecule is CNCC(C)C(=O)Nc1cccc(-n2cccc2)c1. The smallest absolute Gasteiger partial charge is 0.228 e. The lowest BCUT2D eigenvalue weighted by molar-refractivity contribution is -0.119. The van der Waals surface area contributed by atoms with E-state index in [2.05, 4.69) is 10.6 Å². The van der Waals surface area contributed by atoms with Gasteiger partial charge in [0, 0.05) is 36.2 Å². The maximum absolute atomic E-state index is 11.9. The van der Waals surface area contributed by atoms with Crippen LogP contribution in [-0.2, 0) is 4.79 Å². The van der Waals surface area contributed by atoms with E-state index in [9.17, 15) is 4.79 Å². The molecule has 0 spiro atoms. The fourth-order valence-electron chi connectivity index (χ4n) is 1.92. The van der Waals surface area contributed by atoms with E-state index in [1.165, 1.54) is 0 Å². The predicted octanol–water partition coefficient (Wildman–Crippen LogP) is 2.27. The number of nitrogens with zero attached hydrogens (tertiary/aromatic N) is 1. The molecule has 1 aromatic carbocycles. The number of hydrogen-bond acceptors (Lipinski definition) is 2. The molecule has 0 saturated heterocycles. The van der Waals surface area contributed by atoms with E-state index in [-0.39, 0.29) is 11.8 Å². The van der Waals surface area contributed by atoms with Crippen LogP contribution in [0.5, 0.6) is 0 Å². The molecule has 0 fully saturated rings. The average molecular weight is 257 g/mol. The molecule has 0 aliphatic carbocycles. The first-order chi connectivity index (χ1) is 9.20. The number of amides is 1. The van der Waals surface area contributed by atoms with Gasteiger partial charge in [0.05, 0.1) is 0 Å². The standard InChI is InChI=1S/C15H19N3O/c1-12(11-16-2)15(19)17-13-6-5-7-14(10-13)18-8-3-4-9-18/h3-10,12,16H,11H2,1-2H3,(H,17,19). The van der Waals surface area contributed by atoms with Crippen LogP contribution in [0.3, 0.4) is 0 Å². The van der Waals surface area contributed by atoms with Gasteiger partial charge in [0.25, 0.3) is 0 Å². The summed E-state index contributed by atoms with van der Waals surface area (Å²) in [6, 6.07) is 11.8. The Hall–Kier alpha value is -2.07. The first-order valence-corrected chi connectivity index (χ1v) is 6.39. The van der Waals surface area contributed by atoms with Crippen LogP contribution >= 0.6 is 0 Å². The van der Waals surface area contributed by atoms with Gasteiger partial charge in [-0.3, -0.25) is 4.79 Å². The van der Waals surface area contributed by atoms with E-state index in [0.29, 0.717) is 6.54 Å². The van der Waals surface area contributed by atoms with Gasteiger partial charge in [-0.1, -0.05) is 13.0 Å². The summed E-state index contributed by atoms with van der Waals surface area (Å²) in [6.07, 6.45) is 3.95. The van der Waals surface area contributed by atoms with Crippen molar-refractivity contribution in [2.45, 2.75) is 6.92 Å². The summed E-state index contributed by atoms with van der Waals surface area (Å²) in [7, 11) is 1.84. The van der Waals surface area contributed by atoms with Crippen LogP contribution in [0, 0.1) is 5.92 Å². The Morgan fingerprint density at radius 2 is 2.00 bits per heavy atom. The molecule has 0 saturated carbocycles. The lowest BCUT2D eigenvalue weighted by Crippen LogP contribution is -2.28.